The van der Waals surface area contributed by atoms with Gasteiger partial charge in [0.25, 0.3) is 0 Å². The second kappa shape index (κ2) is 9.02. The molecule has 3 rings (SSSR count). The lowest BCUT2D eigenvalue weighted by Crippen LogP contribution is -2.47. The molecule has 3 fully saturated rings. The van der Waals surface area contributed by atoms with Crippen LogP contribution in [-0.2, 0) is 9.47 Å². The Morgan fingerprint density at radius 1 is 1.17 bits per heavy atom. The molecule has 24 heavy (non-hydrogen) atoms. The largest absolute Gasteiger partial charge is 0.379 e. The van der Waals surface area contributed by atoms with Crippen LogP contribution in [0.15, 0.2) is 0 Å². The summed E-state index contributed by atoms with van der Waals surface area (Å²) in [5.41, 5.74) is 0. The number of nitrogens with zero attached hydrogens (tertiary/aromatic N) is 2. The van der Waals surface area contributed by atoms with Crippen LogP contribution in [0.2, 0.25) is 0 Å². The number of rotatable bonds is 5. The van der Waals surface area contributed by atoms with Gasteiger partial charge in [0.05, 0.1) is 25.4 Å². The average Bonchev–Trinajstić information content (AvgIpc) is 3.23. The summed E-state index contributed by atoms with van der Waals surface area (Å²) in [4.78, 5) is 17.1. The highest BCUT2D eigenvalue weighted by Gasteiger charge is 2.26. The second-order valence-electron chi connectivity index (χ2n) is 7.48. The van der Waals surface area contributed by atoms with Gasteiger partial charge in [-0.05, 0) is 32.6 Å². The lowest BCUT2D eigenvalue weighted by atomic mass is 10.2. The van der Waals surface area contributed by atoms with Crippen molar-refractivity contribution >= 4 is 6.03 Å². The van der Waals surface area contributed by atoms with Gasteiger partial charge < -0.3 is 19.7 Å². The first-order valence-electron chi connectivity index (χ1n) is 9.71. The first-order valence-corrected chi connectivity index (χ1v) is 9.71. The summed E-state index contributed by atoms with van der Waals surface area (Å²) in [6, 6.07) is 0.850. The minimum Gasteiger partial charge on any atom is -0.379 e. The van der Waals surface area contributed by atoms with Gasteiger partial charge in [0.2, 0.25) is 0 Å². The molecule has 138 valence electrons. The van der Waals surface area contributed by atoms with Crippen LogP contribution in [0.1, 0.15) is 45.4 Å². The summed E-state index contributed by atoms with van der Waals surface area (Å²) < 4.78 is 11.1. The maximum absolute atomic E-state index is 12.5. The molecule has 0 spiro atoms. The van der Waals surface area contributed by atoms with E-state index in [0.717, 1.165) is 51.7 Å². The molecule has 1 saturated carbocycles. The highest BCUT2D eigenvalue weighted by Crippen LogP contribution is 2.24. The summed E-state index contributed by atoms with van der Waals surface area (Å²) in [5.74, 6) is 0. The molecule has 2 aliphatic heterocycles. The zero-order valence-corrected chi connectivity index (χ0v) is 15.0. The molecule has 2 atom stereocenters. The van der Waals surface area contributed by atoms with E-state index in [9.17, 15) is 4.79 Å². The van der Waals surface area contributed by atoms with Crippen molar-refractivity contribution in [1.82, 2.24) is 15.1 Å². The van der Waals surface area contributed by atoms with Crippen molar-refractivity contribution in [2.24, 2.45) is 0 Å². The Labute approximate surface area is 145 Å². The summed E-state index contributed by atoms with van der Waals surface area (Å²) in [6.07, 6.45) is 7.65. The molecule has 6 heteroatoms. The van der Waals surface area contributed by atoms with Crippen LogP contribution in [0.25, 0.3) is 0 Å². The number of amides is 2. The van der Waals surface area contributed by atoms with Crippen LogP contribution < -0.4 is 5.32 Å². The number of ether oxygens (including phenoxy) is 2. The molecule has 0 bridgehead atoms. The van der Waals surface area contributed by atoms with Crippen molar-refractivity contribution in [2.75, 3.05) is 46.0 Å². The van der Waals surface area contributed by atoms with E-state index < -0.39 is 0 Å². The second-order valence-corrected chi connectivity index (χ2v) is 7.48. The zero-order chi connectivity index (χ0) is 16.8. The number of carbonyl (C=O) groups excluding carboxylic acids is 1. The molecule has 3 aliphatic rings. The van der Waals surface area contributed by atoms with Crippen molar-refractivity contribution in [2.45, 2.75) is 63.6 Å². The molecule has 2 amide bonds. The summed E-state index contributed by atoms with van der Waals surface area (Å²) in [7, 11) is 0. The Morgan fingerprint density at radius 2 is 2.00 bits per heavy atom. The van der Waals surface area contributed by atoms with Gasteiger partial charge in [-0.15, -0.1) is 0 Å². The topological polar surface area (TPSA) is 54.0 Å². The van der Waals surface area contributed by atoms with Gasteiger partial charge in [-0.25, -0.2) is 4.79 Å². The quantitative estimate of drug-likeness (QED) is 0.830. The van der Waals surface area contributed by atoms with E-state index in [-0.39, 0.29) is 18.2 Å². The summed E-state index contributed by atoms with van der Waals surface area (Å²) in [5, 5.41) is 3.09. The van der Waals surface area contributed by atoms with Crippen LogP contribution in [-0.4, -0.2) is 80.0 Å². The van der Waals surface area contributed by atoms with E-state index in [4.69, 9.17) is 9.47 Å². The number of carbonyl (C=O) groups is 1. The van der Waals surface area contributed by atoms with Crippen molar-refractivity contribution in [3.05, 3.63) is 0 Å². The van der Waals surface area contributed by atoms with E-state index >= 15 is 0 Å². The minimum absolute atomic E-state index is 0.0345. The Morgan fingerprint density at radius 3 is 2.75 bits per heavy atom. The van der Waals surface area contributed by atoms with Crippen molar-refractivity contribution in [3.8, 4) is 0 Å². The maximum atomic E-state index is 12.5. The smallest absolute Gasteiger partial charge is 0.317 e. The zero-order valence-electron chi connectivity index (χ0n) is 15.0. The number of urea groups is 1. The van der Waals surface area contributed by atoms with Gasteiger partial charge in [-0.3, -0.25) is 4.90 Å². The van der Waals surface area contributed by atoms with E-state index in [1.54, 1.807) is 0 Å². The molecule has 0 aromatic rings. The third kappa shape index (κ3) is 5.07. The van der Waals surface area contributed by atoms with Crippen LogP contribution >= 0.6 is 0 Å². The highest BCUT2D eigenvalue weighted by molar-refractivity contribution is 5.74. The van der Waals surface area contributed by atoms with Gasteiger partial charge in [0.15, 0.2) is 0 Å². The molecule has 2 heterocycles. The van der Waals surface area contributed by atoms with Gasteiger partial charge in [0.1, 0.15) is 0 Å². The molecule has 1 aliphatic carbocycles. The fraction of sp³-hybridized carbons (Fsp3) is 0.944. The maximum Gasteiger partial charge on any atom is 0.317 e. The van der Waals surface area contributed by atoms with E-state index in [0.29, 0.717) is 13.2 Å². The molecule has 6 nitrogen and oxygen atoms in total. The third-order valence-corrected chi connectivity index (χ3v) is 5.50. The Hall–Kier alpha value is -0.850. The molecule has 1 N–H and O–H groups in total. The van der Waals surface area contributed by atoms with Crippen molar-refractivity contribution in [3.63, 3.8) is 0 Å². The fourth-order valence-electron chi connectivity index (χ4n) is 4.04. The average molecular weight is 339 g/mol. The SMILES string of the molecule is C[C@@H](CO[C@H]1CCOC1)NC(=O)N1CCCN(C2CCCC2)CC1. The normalized spacial score (nSPS) is 28.0. The molecule has 0 radical (unpaired) electrons. The predicted molar refractivity (Wildman–Crippen MR) is 93.2 cm³/mol. The highest BCUT2D eigenvalue weighted by atomic mass is 16.5. The monoisotopic (exact) mass is 339 g/mol. The van der Waals surface area contributed by atoms with Crippen LogP contribution in [0.5, 0.6) is 0 Å². The van der Waals surface area contributed by atoms with E-state index in [2.05, 4.69) is 10.2 Å². The Balaban J connectivity index is 1.37. The van der Waals surface area contributed by atoms with E-state index in [1.165, 1.54) is 25.7 Å². The standard InChI is InChI=1S/C18H33N3O3/c1-15(13-24-17-7-12-23-14-17)19-18(22)21-9-4-8-20(10-11-21)16-5-2-3-6-16/h15-17H,2-14H2,1H3,(H,19,22)/t15-,17-/m0/s1. The molecule has 0 aromatic carbocycles. The lowest BCUT2D eigenvalue weighted by Gasteiger charge is -2.27. The Kier molecular flexibility index (Phi) is 6.75. The number of hydrogen-bond donors (Lipinski definition) is 1. The van der Waals surface area contributed by atoms with Crippen molar-refractivity contribution < 1.29 is 14.3 Å². The molecule has 0 unspecified atom stereocenters. The van der Waals surface area contributed by atoms with Crippen LogP contribution in [0, 0.1) is 0 Å². The fourth-order valence-corrected chi connectivity index (χ4v) is 4.04. The molecule has 0 aromatic heterocycles. The van der Waals surface area contributed by atoms with E-state index in [1.807, 2.05) is 11.8 Å². The van der Waals surface area contributed by atoms with Gasteiger partial charge in [-0.1, -0.05) is 12.8 Å². The van der Waals surface area contributed by atoms with Crippen LogP contribution in [0.3, 0.4) is 0 Å². The third-order valence-electron chi connectivity index (χ3n) is 5.50. The van der Waals surface area contributed by atoms with Gasteiger partial charge in [0, 0.05) is 38.8 Å². The minimum atomic E-state index is 0.0345. The molecular formula is C18H33N3O3. The summed E-state index contributed by atoms with van der Waals surface area (Å²) >= 11 is 0. The number of hydrogen-bond acceptors (Lipinski definition) is 4. The first kappa shape index (κ1) is 18.0. The van der Waals surface area contributed by atoms with Gasteiger partial charge >= 0.3 is 6.03 Å². The van der Waals surface area contributed by atoms with Crippen molar-refractivity contribution in [1.29, 1.82) is 0 Å². The Bertz CT molecular complexity index is 395. The first-order chi connectivity index (χ1) is 11.7. The lowest BCUT2D eigenvalue weighted by molar-refractivity contribution is 0.0330. The molecular weight excluding hydrogens is 306 g/mol. The summed E-state index contributed by atoms with van der Waals surface area (Å²) in [6.45, 7) is 7.89. The predicted octanol–water partition coefficient (Wildman–Crippen LogP) is 1.84. The van der Waals surface area contributed by atoms with Gasteiger partial charge in [-0.2, -0.15) is 0 Å². The molecule has 2 saturated heterocycles. The van der Waals surface area contributed by atoms with Crippen LogP contribution in [0.4, 0.5) is 4.79 Å². The number of nitrogens with one attached hydrogen (secondary N) is 1.